The Kier molecular flexibility index (Phi) is 4.89. The summed E-state index contributed by atoms with van der Waals surface area (Å²) in [6.07, 6.45) is 5.69. The van der Waals surface area contributed by atoms with Gasteiger partial charge in [-0.25, -0.2) is 24.8 Å². The summed E-state index contributed by atoms with van der Waals surface area (Å²) in [7, 11) is 1.97. The highest BCUT2D eigenvalue weighted by atomic mass is 16.8. The molecular weight excluding hydrogens is 226 g/mol. The van der Waals surface area contributed by atoms with Gasteiger partial charge in [0.2, 0.25) is 16.2 Å². The normalized spacial score (nSPS) is 8.56. The van der Waals surface area contributed by atoms with Crippen LogP contribution in [0.1, 0.15) is 0 Å². The van der Waals surface area contributed by atoms with E-state index in [9.17, 15) is 30.6 Å². The minimum absolute atomic E-state index is 1.67. The molecule has 0 spiro atoms. The summed E-state index contributed by atoms with van der Waals surface area (Å²) in [5, 5.41) is 37.9. The van der Waals surface area contributed by atoms with Crippen molar-refractivity contribution in [2.75, 3.05) is 0 Å². The summed E-state index contributed by atoms with van der Waals surface area (Å²) in [6, 6.07) is 0. The maximum atomic E-state index is 9.47. The molecule has 88 valence electrons. The number of nitro groups is 2. The number of nitrogens with zero attached hydrogens (tertiary/aromatic N) is 4. The molecule has 0 aliphatic heterocycles. The average Bonchev–Trinajstić information content (AvgIpc) is 2.54. The molecule has 0 atom stereocenters. The van der Waals surface area contributed by atoms with Crippen LogP contribution in [0.2, 0.25) is 0 Å². The molecule has 1 N–H and O–H groups in total. The van der Waals surface area contributed by atoms with E-state index < -0.39 is 20.7 Å². The summed E-state index contributed by atoms with van der Waals surface area (Å²) in [5.74, 6) is -2.14. The number of aryl methyl sites for hydroxylation is 1. The topological polar surface area (TPSA) is 155 Å². The first-order valence-electron chi connectivity index (χ1n) is 3.64. The highest BCUT2D eigenvalue weighted by Crippen LogP contribution is 1.80. The van der Waals surface area contributed by atoms with Crippen molar-refractivity contribution in [2.45, 2.75) is 0 Å². The molecule has 0 fully saturated rings. The lowest BCUT2D eigenvalue weighted by molar-refractivity contribution is -0.670. The monoisotopic (exact) mass is 233 g/mol. The Bertz CT molecular complexity index is 377. The average molecular weight is 233 g/mol. The van der Waals surface area contributed by atoms with Gasteiger partial charge in [0, 0.05) is 0 Å². The zero-order valence-electron chi connectivity index (χ0n) is 7.97. The summed E-state index contributed by atoms with van der Waals surface area (Å²) in [4.78, 5) is 16.8. The van der Waals surface area contributed by atoms with Crippen molar-refractivity contribution >= 4 is 5.96 Å². The molecule has 0 radical (unpaired) electrons. The first-order chi connectivity index (χ1) is 7.36. The fourth-order valence-electron chi connectivity index (χ4n) is 0.564. The number of hydrogen-bond donors (Lipinski definition) is 1. The van der Waals surface area contributed by atoms with E-state index >= 15 is 0 Å². The lowest BCUT2D eigenvalue weighted by atomic mass is 10.9. The van der Waals surface area contributed by atoms with Gasteiger partial charge in [-0.1, -0.05) is 0 Å². The largest absolute Gasteiger partial charge is 0.827 e. The molecule has 0 amide bonds. The molecule has 0 aliphatic rings. The molecule has 1 aromatic rings. The number of aromatic amines is 1. The molecule has 16 heavy (non-hydrogen) atoms. The molecular formula is C5H7N5O6. The minimum atomic E-state index is -2.14. The molecule has 1 aromatic heterocycles. The molecule has 0 aromatic carbocycles. The Hall–Kier alpha value is -2.72. The van der Waals surface area contributed by atoms with Crippen LogP contribution in [0.15, 0.2) is 18.7 Å². The highest BCUT2D eigenvalue weighted by molar-refractivity contribution is 5.56. The van der Waals surface area contributed by atoms with Gasteiger partial charge >= 0.3 is 5.96 Å². The number of hydrogen-bond acceptors (Lipinski definition) is 6. The van der Waals surface area contributed by atoms with Gasteiger partial charge in [0.05, 0.1) is 7.05 Å². The van der Waals surface area contributed by atoms with Crippen molar-refractivity contribution in [3.63, 3.8) is 0 Å². The summed E-state index contributed by atoms with van der Waals surface area (Å²) in [6.45, 7) is 0. The minimum Gasteiger partial charge on any atom is -0.602 e. The second-order valence-electron chi connectivity index (χ2n) is 2.35. The van der Waals surface area contributed by atoms with Crippen molar-refractivity contribution in [1.82, 2.24) is 4.98 Å². The number of H-pyrrole nitrogens is 1. The molecule has 0 unspecified atom stereocenters. The number of rotatable bonds is 0. The number of nitrogens with one attached hydrogen (secondary N) is 1. The van der Waals surface area contributed by atoms with Crippen LogP contribution in [-0.2, 0) is 7.05 Å². The molecule has 11 heteroatoms. The molecule has 11 nitrogen and oxygen atoms in total. The van der Waals surface area contributed by atoms with Crippen LogP contribution < -0.4 is 4.57 Å². The predicted molar refractivity (Wildman–Crippen MR) is 48.0 cm³/mol. The summed E-state index contributed by atoms with van der Waals surface area (Å²) < 4.78 is 1.94. The van der Waals surface area contributed by atoms with Crippen LogP contribution in [0, 0.1) is 30.6 Å². The van der Waals surface area contributed by atoms with Crippen molar-refractivity contribution in [3.05, 3.63) is 49.4 Å². The highest BCUT2D eigenvalue weighted by Gasteiger charge is 2.37. The third-order valence-corrected chi connectivity index (χ3v) is 1.17. The quantitative estimate of drug-likeness (QED) is 0.147. The van der Waals surface area contributed by atoms with E-state index in [2.05, 4.69) is 4.98 Å². The molecule has 1 heterocycles. The smallest absolute Gasteiger partial charge is 0.602 e. The van der Waals surface area contributed by atoms with E-state index in [0.29, 0.717) is 0 Å². The number of imidazole rings is 1. The Labute approximate surface area is 87.7 Å². The molecule has 0 saturated carbocycles. The molecule has 0 aliphatic carbocycles. The van der Waals surface area contributed by atoms with Crippen molar-refractivity contribution in [1.29, 1.82) is 0 Å². The Morgan fingerprint density at radius 1 is 1.19 bits per heavy atom. The third-order valence-electron chi connectivity index (χ3n) is 1.17. The summed E-state index contributed by atoms with van der Waals surface area (Å²) in [5.41, 5.74) is 0. The first kappa shape index (κ1) is 13.3. The lowest BCUT2D eigenvalue weighted by Gasteiger charge is -1.94. The lowest BCUT2D eigenvalue weighted by Crippen LogP contribution is -2.28. The number of aromatic nitrogens is 2. The molecule has 0 bridgehead atoms. The summed E-state index contributed by atoms with van der Waals surface area (Å²) >= 11 is 0. The van der Waals surface area contributed by atoms with Crippen LogP contribution in [0.3, 0.4) is 0 Å². The van der Waals surface area contributed by atoms with Crippen molar-refractivity contribution in [2.24, 2.45) is 7.05 Å². The Balaban J connectivity index is 0.000000315. The van der Waals surface area contributed by atoms with Gasteiger partial charge in [0.25, 0.3) is 0 Å². The second kappa shape index (κ2) is 5.90. The van der Waals surface area contributed by atoms with Crippen LogP contribution in [0.4, 0.5) is 0 Å². The van der Waals surface area contributed by atoms with E-state index in [-0.39, 0.29) is 0 Å². The zero-order chi connectivity index (χ0) is 12.7. The van der Waals surface area contributed by atoms with E-state index in [1.165, 1.54) is 0 Å². The van der Waals surface area contributed by atoms with Gasteiger partial charge in [0.15, 0.2) is 0 Å². The standard InChI is InChI=1S/C4H6N2.CN3O6/c1-6-3-2-5-4-6;5-2(6)1(3(7)8)4(9)10/h2-4H,1H3;/q;-1/p+1. The Morgan fingerprint density at radius 3 is 1.75 bits per heavy atom. The van der Waals surface area contributed by atoms with E-state index in [1.54, 1.807) is 0 Å². The fraction of sp³-hybridized carbons (Fsp3) is 0.200. The predicted octanol–water partition coefficient (Wildman–Crippen LogP) is -1.26. The van der Waals surface area contributed by atoms with Crippen LogP contribution in [0.25, 0.3) is 0 Å². The van der Waals surface area contributed by atoms with Gasteiger partial charge in [-0.15, -0.1) is 0 Å². The third kappa shape index (κ3) is 4.50. The maximum absolute atomic E-state index is 9.47. The van der Waals surface area contributed by atoms with Gasteiger partial charge in [0.1, 0.15) is 12.4 Å². The van der Waals surface area contributed by atoms with E-state index in [4.69, 9.17) is 0 Å². The van der Waals surface area contributed by atoms with Gasteiger partial charge in [-0.3, -0.25) is 4.98 Å². The van der Waals surface area contributed by atoms with Gasteiger partial charge in [-0.05, 0) is 4.90 Å². The van der Waals surface area contributed by atoms with Crippen LogP contribution in [-0.4, -0.2) is 25.7 Å². The van der Waals surface area contributed by atoms with Gasteiger partial charge in [-0.2, -0.15) is 0 Å². The van der Waals surface area contributed by atoms with Gasteiger partial charge < -0.3 is 10.4 Å². The maximum Gasteiger partial charge on any atom is 0.827 e. The van der Waals surface area contributed by atoms with Crippen LogP contribution >= 0.6 is 0 Å². The fourth-order valence-corrected chi connectivity index (χ4v) is 0.564. The van der Waals surface area contributed by atoms with E-state index in [0.717, 1.165) is 0 Å². The van der Waals surface area contributed by atoms with Crippen LogP contribution in [0.5, 0.6) is 0 Å². The van der Waals surface area contributed by atoms with Crippen molar-refractivity contribution in [3.8, 4) is 0 Å². The SMILES string of the molecule is C[n+]1cc[nH]c1.O=[N+]([O-])C([N+](=O)[O-])=[N+]([O-])[O-]. The number of guanidine groups is 1. The van der Waals surface area contributed by atoms with E-state index in [1.807, 2.05) is 30.3 Å². The second-order valence-corrected chi connectivity index (χ2v) is 2.35. The molecule has 1 rings (SSSR count). The Morgan fingerprint density at radius 2 is 1.69 bits per heavy atom. The molecule has 0 saturated heterocycles. The first-order valence-corrected chi connectivity index (χ1v) is 3.64. The zero-order valence-corrected chi connectivity index (χ0v) is 7.97. The van der Waals surface area contributed by atoms with Crippen molar-refractivity contribution < 1.29 is 19.3 Å².